The number of carbonyl (C=O) groups is 1. The van der Waals surface area contributed by atoms with E-state index in [1.807, 2.05) is 0 Å². The zero-order chi connectivity index (χ0) is 23.3. The Morgan fingerprint density at radius 2 is 1.67 bits per heavy atom. The summed E-state index contributed by atoms with van der Waals surface area (Å²) < 4.78 is 53.5. The molecule has 1 amide bonds. The molecule has 0 heterocycles. The van der Waals surface area contributed by atoms with Crippen LogP contribution in [0.5, 0.6) is 0 Å². The smallest absolute Gasteiger partial charge is 0.299 e. The van der Waals surface area contributed by atoms with Crippen LogP contribution in [0, 0.1) is 20.2 Å². The zero-order valence-electron chi connectivity index (χ0n) is 15.6. The van der Waals surface area contributed by atoms with Gasteiger partial charge < -0.3 is 11.1 Å². The Morgan fingerprint density at radius 3 is 2.10 bits per heavy atom. The van der Waals surface area contributed by atoms with E-state index in [0.717, 1.165) is 12.3 Å². The molecule has 1 rings (SSSR count). The standard InChI is InChI=1S/C13H18N4O11S2/c1-29(23,24)27-4-3-15-9-5-8(6-12(13(14)18)28-30(2,25)26)10(16(19)20)7-11(9)17(21)22/h5,7,12,15H,3-4,6H2,1-2H3,(H2,14,18). The number of anilines is 1. The van der Waals surface area contributed by atoms with Crippen molar-refractivity contribution in [1.29, 1.82) is 0 Å². The van der Waals surface area contributed by atoms with Crippen LogP contribution in [-0.4, -0.2) is 64.4 Å². The molecule has 0 bridgehead atoms. The highest BCUT2D eigenvalue weighted by Gasteiger charge is 2.29. The fraction of sp³-hybridized carbons (Fsp3) is 0.462. The second kappa shape index (κ2) is 9.74. The van der Waals surface area contributed by atoms with E-state index in [2.05, 4.69) is 13.7 Å². The van der Waals surface area contributed by atoms with Crippen LogP contribution >= 0.6 is 0 Å². The summed E-state index contributed by atoms with van der Waals surface area (Å²) >= 11 is 0. The van der Waals surface area contributed by atoms with Gasteiger partial charge in [-0.05, 0) is 6.07 Å². The van der Waals surface area contributed by atoms with Crippen LogP contribution in [0.1, 0.15) is 5.56 Å². The molecule has 168 valence electrons. The van der Waals surface area contributed by atoms with Crippen molar-refractivity contribution in [2.24, 2.45) is 5.73 Å². The number of benzene rings is 1. The fourth-order valence-corrected chi connectivity index (χ4v) is 3.19. The van der Waals surface area contributed by atoms with Crippen LogP contribution in [0.3, 0.4) is 0 Å². The summed E-state index contributed by atoms with van der Waals surface area (Å²) in [6.07, 6.45) is -1.04. The molecule has 1 atom stereocenters. The molecule has 1 aromatic carbocycles. The first-order valence-corrected chi connectivity index (χ1v) is 11.5. The molecule has 0 saturated carbocycles. The Labute approximate surface area is 170 Å². The minimum Gasteiger partial charge on any atom is -0.377 e. The van der Waals surface area contributed by atoms with Crippen molar-refractivity contribution in [3.63, 3.8) is 0 Å². The monoisotopic (exact) mass is 470 g/mol. The minimum atomic E-state index is -4.15. The number of amides is 1. The Morgan fingerprint density at radius 1 is 1.10 bits per heavy atom. The second-order valence-electron chi connectivity index (χ2n) is 5.86. The average Bonchev–Trinajstić information content (AvgIpc) is 2.55. The molecule has 0 aliphatic carbocycles. The lowest BCUT2D eigenvalue weighted by molar-refractivity contribution is -0.394. The van der Waals surface area contributed by atoms with E-state index in [9.17, 15) is 41.9 Å². The van der Waals surface area contributed by atoms with E-state index < -0.39 is 66.5 Å². The highest BCUT2D eigenvalue weighted by molar-refractivity contribution is 7.86. The van der Waals surface area contributed by atoms with Crippen molar-refractivity contribution < 1.29 is 39.8 Å². The molecule has 0 aliphatic rings. The molecule has 0 saturated heterocycles. The van der Waals surface area contributed by atoms with Crippen molar-refractivity contribution in [3.05, 3.63) is 37.9 Å². The Hall–Kier alpha value is -2.89. The predicted octanol–water partition coefficient (Wildman–Crippen LogP) is -0.736. The predicted molar refractivity (Wildman–Crippen MR) is 102 cm³/mol. The number of hydrogen-bond acceptors (Lipinski definition) is 12. The number of rotatable bonds is 12. The summed E-state index contributed by atoms with van der Waals surface area (Å²) in [6, 6.07) is 1.55. The van der Waals surface area contributed by atoms with Gasteiger partial charge in [0, 0.05) is 18.5 Å². The van der Waals surface area contributed by atoms with Gasteiger partial charge in [0.2, 0.25) is 5.91 Å². The quantitative estimate of drug-likeness (QED) is 0.167. The molecular weight excluding hydrogens is 452 g/mol. The Kier molecular flexibility index (Phi) is 8.17. The van der Waals surface area contributed by atoms with Gasteiger partial charge in [-0.3, -0.25) is 33.4 Å². The SMILES string of the molecule is CS(=O)(=O)OCCNc1cc(CC(OS(C)(=O)=O)C(N)=O)c([N+](=O)[O-])cc1[N+](=O)[O-]. The van der Waals surface area contributed by atoms with Gasteiger partial charge in [-0.15, -0.1) is 0 Å². The van der Waals surface area contributed by atoms with Crippen molar-refractivity contribution in [1.82, 2.24) is 0 Å². The molecule has 0 aliphatic heterocycles. The molecule has 30 heavy (non-hydrogen) atoms. The first kappa shape index (κ1) is 25.1. The summed E-state index contributed by atoms with van der Waals surface area (Å²) in [5, 5.41) is 25.1. The number of nitrogens with two attached hydrogens (primary N) is 1. The number of hydrogen-bond donors (Lipinski definition) is 2. The number of nitrogens with zero attached hydrogens (tertiary/aromatic N) is 2. The van der Waals surface area contributed by atoms with Crippen LogP contribution < -0.4 is 11.1 Å². The van der Waals surface area contributed by atoms with Gasteiger partial charge in [-0.1, -0.05) is 0 Å². The van der Waals surface area contributed by atoms with Gasteiger partial charge in [-0.25, -0.2) is 0 Å². The lowest BCUT2D eigenvalue weighted by Gasteiger charge is -2.14. The van der Waals surface area contributed by atoms with E-state index in [4.69, 9.17) is 5.73 Å². The normalized spacial score (nSPS) is 12.9. The molecular formula is C13H18N4O11S2. The maximum atomic E-state index is 11.5. The van der Waals surface area contributed by atoms with E-state index in [1.165, 1.54) is 0 Å². The number of primary amides is 1. The molecule has 0 aromatic heterocycles. The van der Waals surface area contributed by atoms with Gasteiger partial charge >= 0.3 is 0 Å². The highest BCUT2D eigenvalue weighted by atomic mass is 32.2. The lowest BCUT2D eigenvalue weighted by Crippen LogP contribution is -2.35. The third-order valence-corrected chi connectivity index (χ3v) is 4.50. The first-order chi connectivity index (χ1) is 13.6. The summed E-state index contributed by atoms with van der Waals surface area (Å²) in [4.78, 5) is 32.2. The molecule has 0 spiro atoms. The summed E-state index contributed by atoms with van der Waals surface area (Å²) in [7, 11) is -7.91. The van der Waals surface area contributed by atoms with Crippen LogP contribution in [-0.2, 0) is 39.8 Å². The molecule has 15 nitrogen and oxygen atoms in total. The number of nitro benzene ring substituents is 2. The molecule has 1 unspecified atom stereocenters. The maximum absolute atomic E-state index is 11.5. The minimum absolute atomic E-state index is 0.232. The highest BCUT2D eigenvalue weighted by Crippen LogP contribution is 2.33. The van der Waals surface area contributed by atoms with Gasteiger partial charge in [0.15, 0.2) is 6.10 Å². The van der Waals surface area contributed by atoms with Gasteiger partial charge in [0.1, 0.15) is 5.69 Å². The summed E-state index contributed by atoms with van der Waals surface area (Å²) in [5.74, 6) is -1.23. The van der Waals surface area contributed by atoms with Crippen LogP contribution in [0.2, 0.25) is 0 Å². The molecule has 3 N–H and O–H groups in total. The zero-order valence-corrected chi connectivity index (χ0v) is 17.3. The van der Waals surface area contributed by atoms with Crippen molar-refractivity contribution >= 4 is 43.2 Å². The lowest BCUT2D eigenvalue weighted by atomic mass is 10.0. The third-order valence-electron chi connectivity index (χ3n) is 3.32. The number of carbonyl (C=O) groups excluding carboxylic acids is 1. The van der Waals surface area contributed by atoms with Crippen molar-refractivity contribution in [3.8, 4) is 0 Å². The third kappa shape index (κ3) is 8.23. The Balaban J connectivity index is 3.33. The molecule has 1 aromatic rings. The molecule has 17 heteroatoms. The van der Waals surface area contributed by atoms with E-state index in [1.54, 1.807) is 0 Å². The molecule has 0 radical (unpaired) electrons. The van der Waals surface area contributed by atoms with Gasteiger partial charge in [0.05, 0.1) is 35.0 Å². The van der Waals surface area contributed by atoms with Crippen molar-refractivity contribution in [2.75, 3.05) is 31.0 Å². The topological polar surface area (TPSA) is 228 Å². The second-order valence-corrected chi connectivity index (χ2v) is 9.11. The largest absolute Gasteiger partial charge is 0.377 e. The van der Waals surface area contributed by atoms with Gasteiger partial charge in [-0.2, -0.15) is 16.8 Å². The molecule has 0 fully saturated rings. The van der Waals surface area contributed by atoms with Gasteiger partial charge in [0.25, 0.3) is 31.6 Å². The summed E-state index contributed by atoms with van der Waals surface area (Å²) in [5.41, 5.74) is 3.03. The number of nitro groups is 2. The van der Waals surface area contributed by atoms with E-state index in [0.29, 0.717) is 12.3 Å². The average molecular weight is 470 g/mol. The van der Waals surface area contributed by atoms with Crippen molar-refractivity contribution in [2.45, 2.75) is 12.5 Å². The van der Waals surface area contributed by atoms with Crippen LogP contribution in [0.25, 0.3) is 0 Å². The van der Waals surface area contributed by atoms with Crippen LogP contribution in [0.4, 0.5) is 17.1 Å². The summed E-state index contributed by atoms with van der Waals surface area (Å²) in [6.45, 7) is -0.631. The Bertz CT molecular complexity index is 1050. The first-order valence-electron chi connectivity index (χ1n) is 7.82. The van der Waals surface area contributed by atoms with Crippen LogP contribution in [0.15, 0.2) is 12.1 Å². The van der Waals surface area contributed by atoms with E-state index in [-0.39, 0.29) is 17.8 Å². The fourth-order valence-electron chi connectivity index (χ4n) is 2.22. The maximum Gasteiger partial charge on any atom is 0.299 e. The number of nitrogens with one attached hydrogen (secondary N) is 1. The van der Waals surface area contributed by atoms with E-state index >= 15 is 0 Å².